The lowest BCUT2D eigenvalue weighted by Crippen LogP contribution is -2.34. The lowest BCUT2D eigenvalue weighted by molar-refractivity contribution is -0.130. The van der Waals surface area contributed by atoms with Gasteiger partial charge in [-0.25, -0.2) is 0 Å². The summed E-state index contributed by atoms with van der Waals surface area (Å²) in [6.07, 6.45) is 2.43. The minimum atomic E-state index is 0.439. The molecule has 1 aliphatic carbocycles. The maximum absolute atomic E-state index is 11.6. The first-order chi connectivity index (χ1) is 6.34. The first kappa shape index (κ1) is 7.80. The molecule has 0 bridgehead atoms. The molecule has 1 saturated carbocycles. The van der Waals surface area contributed by atoms with Crippen molar-refractivity contribution < 1.29 is 4.79 Å². The predicted molar refractivity (Wildman–Crippen MR) is 49.2 cm³/mol. The number of carbonyl (C=O) groups is 1. The van der Waals surface area contributed by atoms with Crippen LogP contribution < -0.4 is 5.32 Å². The minimum Gasteiger partial charge on any atom is -0.342 e. The molecule has 2 saturated heterocycles. The van der Waals surface area contributed by atoms with Gasteiger partial charge in [0.05, 0.1) is 0 Å². The number of nitrogens with zero attached hydrogens (tertiary/aromatic N) is 1. The summed E-state index contributed by atoms with van der Waals surface area (Å²) < 4.78 is 0. The van der Waals surface area contributed by atoms with Crippen LogP contribution in [-0.4, -0.2) is 37.0 Å². The van der Waals surface area contributed by atoms with Gasteiger partial charge in [0.2, 0.25) is 5.91 Å². The van der Waals surface area contributed by atoms with Crippen molar-refractivity contribution in [2.24, 2.45) is 17.8 Å². The van der Waals surface area contributed by atoms with E-state index in [0.29, 0.717) is 11.8 Å². The Kier molecular flexibility index (Phi) is 1.62. The lowest BCUT2D eigenvalue weighted by Gasteiger charge is -2.21. The van der Waals surface area contributed by atoms with E-state index in [4.69, 9.17) is 0 Å². The summed E-state index contributed by atoms with van der Waals surface area (Å²) in [7, 11) is 0. The van der Waals surface area contributed by atoms with E-state index in [1.807, 2.05) is 0 Å². The topological polar surface area (TPSA) is 32.3 Å². The molecule has 1 N–H and O–H groups in total. The standard InChI is InChI=1S/C10H16N2O/c13-10-9-3-8(9)6-12(10)5-7-1-2-11-4-7/h7-9,11H,1-6H2. The summed E-state index contributed by atoms with van der Waals surface area (Å²) >= 11 is 0. The van der Waals surface area contributed by atoms with Crippen LogP contribution in [0.15, 0.2) is 0 Å². The molecule has 2 heterocycles. The van der Waals surface area contributed by atoms with E-state index in [2.05, 4.69) is 10.2 Å². The first-order valence-electron chi connectivity index (χ1n) is 5.34. The van der Waals surface area contributed by atoms with Crippen molar-refractivity contribution in [2.75, 3.05) is 26.2 Å². The summed E-state index contributed by atoms with van der Waals surface area (Å²) in [5.41, 5.74) is 0. The largest absolute Gasteiger partial charge is 0.342 e. The summed E-state index contributed by atoms with van der Waals surface area (Å²) in [5.74, 6) is 2.34. The van der Waals surface area contributed by atoms with E-state index in [0.717, 1.165) is 38.0 Å². The van der Waals surface area contributed by atoms with Crippen LogP contribution in [0.3, 0.4) is 0 Å². The Balaban J connectivity index is 1.58. The monoisotopic (exact) mass is 180 g/mol. The average molecular weight is 180 g/mol. The fraction of sp³-hybridized carbons (Fsp3) is 0.900. The van der Waals surface area contributed by atoms with Crippen LogP contribution in [0.25, 0.3) is 0 Å². The first-order valence-corrected chi connectivity index (χ1v) is 5.34. The molecule has 0 radical (unpaired) electrons. The molecule has 3 fully saturated rings. The zero-order chi connectivity index (χ0) is 8.84. The van der Waals surface area contributed by atoms with E-state index in [1.165, 1.54) is 12.8 Å². The third-order valence-corrected chi connectivity index (χ3v) is 3.65. The Morgan fingerprint density at radius 3 is 3.08 bits per heavy atom. The Bertz CT molecular complexity index is 235. The zero-order valence-electron chi connectivity index (χ0n) is 7.83. The summed E-state index contributed by atoms with van der Waals surface area (Å²) in [6, 6.07) is 0. The molecular formula is C10H16N2O. The molecule has 13 heavy (non-hydrogen) atoms. The van der Waals surface area contributed by atoms with Gasteiger partial charge in [0.1, 0.15) is 0 Å². The molecule has 2 aliphatic heterocycles. The van der Waals surface area contributed by atoms with Crippen LogP contribution in [-0.2, 0) is 4.79 Å². The molecule has 3 rings (SSSR count). The second-order valence-electron chi connectivity index (χ2n) is 4.70. The quantitative estimate of drug-likeness (QED) is 0.652. The molecule has 0 spiro atoms. The van der Waals surface area contributed by atoms with Crippen molar-refractivity contribution in [3.63, 3.8) is 0 Å². The molecule has 0 aromatic heterocycles. The minimum absolute atomic E-state index is 0.439. The van der Waals surface area contributed by atoms with E-state index in [-0.39, 0.29) is 0 Å². The second-order valence-corrected chi connectivity index (χ2v) is 4.70. The molecular weight excluding hydrogens is 164 g/mol. The second kappa shape index (κ2) is 2.71. The maximum Gasteiger partial charge on any atom is 0.226 e. The molecule has 3 aliphatic rings. The van der Waals surface area contributed by atoms with Crippen molar-refractivity contribution in [3.05, 3.63) is 0 Å². The average Bonchev–Trinajstić information content (AvgIpc) is 2.55. The van der Waals surface area contributed by atoms with Gasteiger partial charge in [-0.3, -0.25) is 4.79 Å². The highest BCUT2D eigenvalue weighted by Crippen LogP contribution is 2.46. The lowest BCUT2D eigenvalue weighted by atomic mass is 10.1. The van der Waals surface area contributed by atoms with Crippen molar-refractivity contribution in [3.8, 4) is 0 Å². The molecule has 0 aromatic rings. The molecule has 1 amide bonds. The number of carbonyl (C=O) groups excluding carboxylic acids is 1. The predicted octanol–water partition coefficient (Wildman–Crippen LogP) is 0.0742. The number of nitrogens with one attached hydrogen (secondary N) is 1. The highest BCUT2D eigenvalue weighted by atomic mass is 16.2. The number of amides is 1. The molecule has 72 valence electrons. The van der Waals surface area contributed by atoms with Crippen molar-refractivity contribution in [2.45, 2.75) is 12.8 Å². The van der Waals surface area contributed by atoms with Crippen molar-refractivity contribution in [1.82, 2.24) is 10.2 Å². The Hall–Kier alpha value is -0.570. The Morgan fingerprint density at radius 2 is 2.46 bits per heavy atom. The van der Waals surface area contributed by atoms with Crippen LogP contribution in [0.2, 0.25) is 0 Å². The van der Waals surface area contributed by atoms with Crippen LogP contribution in [0.1, 0.15) is 12.8 Å². The van der Waals surface area contributed by atoms with E-state index < -0.39 is 0 Å². The Labute approximate surface area is 78.5 Å². The van der Waals surface area contributed by atoms with E-state index >= 15 is 0 Å². The third-order valence-electron chi connectivity index (χ3n) is 3.65. The normalized spacial score (nSPS) is 42.6. The van der Waals surface area contributed by atoms with Crippen molar-refractivity contribution >= 4 is 5.91 Å². The highest BCUT2D eigenvalue weighted by Gasteiger charge is 2.52. The molecule has 0 aromatic carbocycles. The fourth-order valence-electron chi connectivity index (χ4n) is 2.71. The highest BCUT2D eigenvalue weighted by molar-refractivity contribution is 5.84. The number of piperidine rings is 1. The SMILES string of the molecule is O=C1C2CC2CN1CC1CCNC1. The van der Waals surface area contributed by atoms with E-state index in [9.17, 15) is 4.79 Å². The van der Waals surface area contributed by atoms with Crippen molar-refractivity contribution in [1.29, 1.82) is 0 Å². The van der Waals surface area contributed by atoms with Gasteiger partial charge >= 0.3 is 0 Å². The smallest absolute Gasteiger partial charge is 0.226 e. The zero-order valence-corrected chi connectivity index (χ0v) is 7.83. The summed E-state index contributed by atoms with van der Waals surface area (Å²) in [4.78, 5) is 13.7. The van der Waals surface area contributed by atoms with Crippen LogP contribution in [0.4, 0.5) is 0 Å². The molecule has 3 nitrogen and oxygen atoms in total. The van der Waals surface area contributed by atoms with Crippen LogP contribution in [0.5, 0.6) is 0 Å². The number of likely N-dealkylation sites (tertiary alicyclic amines) is 1. The van der Waals surface area contributed by atoms with Crippen LogP contribution >= 0.6 is 0 Å². The maximum atomic E-state index is 11.6. The van der Waals surface area contributed by atoms with Gasteiger partial charge in [-0.2, -0.15) is 0 Å². The Morgan fingerprint density at radius 1 is 1.54 bits per heavy atom. The van der Waals surface area contributed by atoms with Gasteiger partial charge in [-0.15, -0.1) is 0 Å². The molecule has 3 unspecified atom stereocenters. The van der Waals surface area contributed by atoms with Crippen LogP contribution in [0, 0.1) is 17.8 Å². The van der Waals surface area contributed by atoms with Gasteiger partial charge in [-0.1, -0.05) is 0 Å². The third kappa shape index (κ3) is 1.26. The number of hydrogen-bond acceptors (Lipinski definition) is 2. The number of hydrogen-bond donors (Lipinski definition) is 1. The van der Waals surface area contributed by atoms with Gasteiger partial charge in [-0.05, 0) is 37.8 Å². The number of fused-ring (bicyclic) bond motifs is 1. The summed E-state index contributed by atoms with van der Waals surface area (Å²) in [6.45, 7) is 4.32. The molecule has 3 atom stereocenters. The molecule has 3 heteroatoms. The van der Waals surface area contributed by atoms with E-state index in [1.54, 1.807) is 0 Å². The van der Waals surface area contributed by atoms with Gasteiger partial charge in [0.25, 0.3) is 0 Å². The fourth-order valence-corrected chi connectivity index (χ4v) is 2.71. The number of rotatable bonds is 2. The van der Waals surface area contributed by atoms with Gasteiger partial charge < -0.3 is 10.2 Å². The summed E-state index contributed by atoms with van der Waals surface area (Å²) in [5, 5.41) is 3.35. The van der Waals surface area contributed by atoms with Gasteiger partial charge in [0, 0.05) is 19.0 Å². The van der Waals surface area contributed by atoms with Gasteiger partial charge in [0.15, 0.2) is 0 Å².